The number of nitrogens with zero attached hydrogens (tertiary/aromatic N) is 1. The second kappa shape index (κ2) is 4.61. The molecule has 1 aromatic heterocycles. The molecule has 0 radical (unpaired) electrons. The van der Waals surface area contributed by atoms with Crippen molar-refractivity contribution in [2.75, 3.05) is 6.61 Å². The van der Waals surface area contributed by atoms with Crippen LogP contribution < -0.4 is 10.1 Å². The highest BCUT2D eigenvalue weighted by Crippen LogP contribution is 2.16. The molecule has 1 aliphatic heterocycles. The van der Waals surface area contributed by atoms with Gasteiger partial charge in [-0.05, 0) is 28.4 Å². The van der Waals surface area contributed by atoms with Gasteiger partial charge in [-0.3, -0.25) is 9.78 Å². The van der Waals surface area contributed by atoms with Crippen molar-refractivity contribution >= 4 is 21.8 Å². The largest absolute Gasteiger partial charge is 0.490 e. The van der Waals surface area contributed by atoms with Crippen molar-refractivity contribution in [1.82, 2.24) is 10.3 Å². The minimum absolute atomic E-state index is 0.107. The number of ether oxygens (including phenoxy) is 1. The summed E-state index contributed by atoms with van der Waals surface area (Å²) < 4.78 is 6.40. The van der Waals surface area contributed by atoms with E-state index < -0.39 is 0 Å². The normalized spacial score (nSPS) is 20.1. The van der Waals surface area contributed by atoms with Crippen molar-refractivity contribution in [3.63, 3.8) is 0 Å². The average molecular weight is 271 g/mol. The molecule has 5 heteroatoms. The van der Waals surface area contributed by atoms with E-state index in [0.29, 0.717) is 18.8 Å². The number of carbonyl (C=O) groups is 1. The Kier molecular flexibility index (Phi) is 3.20. The number of hydrogen-bond acceptors (Lipinski definition) is 3. The molecule has 0 spiro atoms. The Bertz CT molecular complexity index is 370. The molecule has 2 rings (SSSR count). The van der Waals surface area contributed by atoms with Crippen LogP contribution in [0.15, 0.2) is 22.9 Å². The highest BCUT2D eigenvalue weighted by Gasteiger charge is 2.20. The molecule has 4 nitrogen and oxygen atoms in total. The zero-order valence-corrected chi connectivity index (χ0v) is 9.66. The van der Waals surface area contributed by atoms with Crippen LogP contribution >= 0.6 is 15.9 Å². The van der Waals surface area contributed by atoms with Gasteiger partial charge in [0.1, 0.15) is 12.4 Å². The summed E-state index contributed by atoms with van der Waals surface area (Å²) in [5.74, 6) is 0.821. The number of carbonyl (C=O) groups excluding carboxylic acids is 1. The number of nitrogens with one attached hydrogen (secondary N) is 1. The molecule has 1 N–H and O–H groups in total. The van der Waals surface area contributed by atoms with Crippen LogP contribution in [0.4, 0.5) is 0 Å². The second-order valence-electron chi connectivity index (χ2n) is 3.45. The third-order valence-electron chi connectivity index (χ3n) is 2.22. The number of aromatic nitrogens is 1. The van der Waals surface area contributed by atoms with E-state index in [4.69, 9.17) is 4.74 Å². The molecule has 0 bridgehead atoms. The maximum Gasteiger partial charge on any atom is 0.220 e. The Morgan fingerprint density at radius 1 is 1.60 bits per heavy atom. The molecule has 1 atom stereocenters. The van der Waals surface area contributed by atoms with E-state index >= 15 is 0 Å². The summed E-state index contributed by atoms with van der Waals surface area (Å²) in [6.07, 6.45) is 4.80. The average Bonchev–Trinajstić information content (AvgIpc) is 2.62. The number of pyridine rings is 1. The first-order chi connectivity index (χ1) is 7.24. The number of rotatable bonds is 3. The van der Waals surface area contributed by atoms with Crippen molar-refractivity contribution in [2.45, 2.75) is 18.9 Å². The van der Waals surface area contributed by atoms with Crippen molar-refractivity contribution < 1.29 is 9.53 Å². The molecule has 0 aliphatic carbocycles. The van der Waals surface area contributed by atoms with Crippen LogP contribution in [0.25, 0.3) is 0 Å². The summed E-state index contributed by atoms with van der Waals surface area (Å²) in [5, 5.41) is 2.84. The van der Waals surface area contributed by atoms with Gasteiger partial charge in [0, 0.05) is 17.1 Å². The SMILES string of the molecule is O=C1CC[C@H](COc2cncc(Br)c2)N1. The summed E-state index contributed by atoms with van der Waals surface area (Å²) in [6.45, 7) is 0.504. The maximum atomic E-state index is 10.9. The Morgan fingerprint density at radius 2 is 2.47 bits per heavy atom. The lowest BCUT2D eigenvalue weighted by atomic mass is 10.2. The first-order valence-corrected chi connectivity index (χ1v) is 5.56. The Hall–Kier alpha value is -1.10. The predicted molar refractivity (Wildman–Crippen MR) is 58.6 cm³/mol. The molecular formula is C10H11BrN2O2. The highest BCUT2D eigenvalue weighted by molar-refractivity contribution is 9.10. The van der Waals surface area contributed by atoms with Crippen molar-refractivity contribution in [3.8, 4) is 5.75 Å². The van der Waals surface area contributed by atoms with Gasteiger partial charge in [-0.25, -0.2) is 0 Å². The Morgan fingerprint density at radius 3 is 3.13 bits per heavy atom. The van der Waals surface area contributed by atoms with Gasteiger partial charge in [0.05, 0.1) is 12.2 Å². The van der Waals surface area contributed by atoms with Crippen molar-refractivity contribution in [1.29, 1.82) is 0 Å². The van der Waals surface area contributed by atoms with Crippen LogP contribution in [0.5, 0.6) is 5.75 Å². The number of amides is 1. The van der Waals surface area contributed by atoms with E-state index in [2.05, 4.69) is 26.2 Å². The standard InChI is InChI=1S/C10H11BrN2O2/c11-7-3-9(5-12-4-7)15-6-8-1-2-10(14)13-8/h3-5,8H,1-2,6H2,(H,13,14)/t8-/m1/s1. The van der Waals surface area contributed by atoms with Crippen molar-refractivity contribution in [3.05, 3.63) is 22.9 Å². The first kappa shape index (κ1) is 10.4. The highest BCUT2D eigenvalue weighted by atomic mass is 79.9. The zero-order valence-electron chi connectivity index (χ0n) is 8.07. The monoisotopic (exact) mass is 270 g/mol. The fourth-order valence-electron chi connectivity index (χ4n) is 1.47. The van der Waals surface area contributed by atoms with Gasteiger partial charge in [-0.2, -0.15) is 0 Å². The predicted octanol–water partition coefficient (Wildman–Crippen LogP) is 1.50. The summed E-state index contributed by atoms with van der Waals surface area (Å²) in [7, 11) is 0. The van der Waals surface area contributed by atoms with E-state index in [-0.39, 0.29) is 11.9 Å². The second-order valence-corrected chi connectivity index (χ2v) is 4.37. The number of hydrogen-bond donors (Lipinski definition) is 1. The smallest absolute Gasteiger partial charge is 0.220 e. The summed E-state index contributed by atoms with van der Waals surface area (Å²) in [5.41, 5.74) is 0. The molecule has 1 saturated heterocycles. The third kappa shape index (κ3) is 2.92. The summed E-state index contributed by atoms with van der Waals surface area (Å²) >= 11 is 3.31. The summed E-state index contributed by atoms with van der Waals surface area (Å²) in [6, 6.07) is 1.99. The van der Waals surface area contributed by atoms with Crippen LogP contribution in [0.3, 0.4) is 0 Å². The molecule has 1 fully saturated rings. The van der Waals surface area contributed by atoms with Gasteiger partial charge in [0.25, 0.3) is 0 Å². The van der Waals surface area contributed by atoms with Crippen LogP contribution in [-0.2, 0) is 4.79 Å². The topological polar surface area (TPSA) is 51.2 Å². The van der Waals surface area contributed by atoms with Crippen LogP contribution in [0.1, 0.15) is 12.8 Å². The lowest BCUT2D eigenvalue weighted by Gasteiger charge is -2.11. The van der Waals surface area contributed by atoms with Gasteiger partial charge in [0.2, 0.25) is 5.91 Å². The first-order valence-electron chi connectivity index (χ1n) is 4.77. The summed E-state index contributed by atoms with van der Waals surface area (Å²) in [4.78, 5) is 14.9. The molecule has 1 aromatic rings. The minimum atomic E-state index is 0.107. The quantitative estimate of drug-likeness (QED) is 0.906. The fraction of sp³-hybridized carbons (Fsp3) is 0.400. The fourth-order valence-corrected chi connectivity index (χ4v) is 1.81. The van der Waals surface area contributed by atoms with Gasteiger partial charge in [-0.15, -0.1) is 0 Å². The maximum absolute atomic E-state index is 10.9. The van der Waals surface area contributed by atoms with E-state index in [9.17, 15) is 4.79 Å². The van der Waals surface area contributed by atoms with Gasteiger partial charge >= 0.3 is 0 Å². The Labute approximate surface area is 96.2 Å². The Balaban J connectivity index is 1.85. The molecular weight excluding hydrogens is 260 g/mol. The van der Waals surface area contributed by atoms with Crippen LogP contribution in [0.2, 0.25) is 0 Å². The van der Waals surface area contributed by atoms with E-state index in [1.807, 2.05) is 6.07 Å². The van der Waals surface area contributed by atoms with Crippen LogP contribution in [0, 0.1) is 0 Å². The lowest BCUT2D eigenvalue weighted by Crippen LogP contribution is -2.30. The molecule has 1 aliphatic rings. The third-order valence-corrected chi connectivity index (χ3v) is 2.65. The van der Waals surface area contributed by atoms with E-state index in [1.165, 1.54) is 0 Å². The lowest BCUT2D eigenvalue weighted by molar-refractivity contribution is -0.119. The molecule has 15 heavy (non-hydrogen) atoms. The zero-order chi connectivity index (χ0) is 10.7. The molecule has 1 amide bonds. The minimum Gasteiger partial charge on any atom is -0.490 e. The van der Waals surface area contributed by atoms with E-state index in [1.54, 1.807) is 12.4 Å². The van der Waals surface area contributed by atoms with Crippen LogP contribution in [-0.4, -0.2) is 23.5 Å². The molecule has 2 heterocycles. The molecule has 80 valence electrons. The molecule has 0 unspecified atom stereocenters. The molecule has 0 saturated carbocycles. The van der Waals surface area contributed by atoms with E-state index in [0.717, 1.165) is 10.9 Å². The molecule has 0 aromatic carbocycles. The van der Waals surface area contributed by atoms with Crippen molar-refractivity contribution in [2.24, 2.45) is 0 Å². The van der Waals surface area contributed by atoms with Gasteiger partial charge in [-0.1, -0.05) is 0 Å². The van der Waals surface area contributed by atoms with Gasteiger partial charge in [0.15, 0.2) is 0 Å². The van der Waals surface area contributed by atoms with Gasteiger partial charge < -0.3 is 10.1 Å². The number of halogens is 1.